The third-order valence-corrected chi connectivity index (χ3v) is 8.04. The van der Waals surface area contributed by atoms with Gasteiger partial charge in [-0.15, -0.1) is 11.3 Å². The summed E-state index contributed by atoms with van der Waals surface area (Å²) in [6, 6.07) is 20.1. The lowest BCUT2D eigenvalue weighted by molar-refractivity contribution is -0.134. The fraction of sp³-hybridized carbons (Fsp3) is 0.290. The zero-order valence-corrected chi connectivity index (χ0v) is 22.6. The SMILES string of the molecule is Cc1cccc([C@H]2c3cc(OCc4nc(C(=O)NCc5ccccn5)cs4)ccc3CCN2C(=O)C2CC2)c1. The van der Waals surface area contributed by atoms with Crippen molar-refractivity contribution in [2.45, 2.75) is 45.4 Å². The molecule has 39 heavy (non-hydrogen) atoms. The summed E-state index contributed by atoms with van der Waals surface area (Å²) in [4.78, 5) is 36.6. The van der Waals surface area contributed by atoms with Gasteiger partial charge in [0, 0.05) is 24.0 Å². The molecule has 1 saturated carbocycles. The number of aromatic nitrogens is 2. The van der Waals surface area contributed by atoms with Gasteiger partial charge in [-0.25, -0.2) is 4.98 Å². The minimum Gasteiger partial charge on any atom is -0.486 e. The molecule has 0 radical (unpaired) electrons. The van der Waals surface area contributed by atoms with Gasteiger partial charge >= 0.3 is 0 Å². The Balaban J connectivity index is 1.17. The van der Waals surface area contributed by atoms with Crippen molar-refractivity contribution >= 4 is 23.2 Å². The van der Waals surface area contributed by atoms with E-state index in [1.807, 2.05) is 24.3 Å². The molecule has 0 unspecified atom stereocenters. The third kappa shape index (κ3) is 5.71. The fourth-order valence-corrected chi connectivity index (χ4v) is 5.76. The molecular weight excluding hydrogens is 508 g/mol. The Morgan fingerprint density at radius 1 is 1.10 bits per heavy atom. The molecule has 0 saturated heterocycles. The maximum absolute atomic E-state index is 13.3. The van der Waals surface area contributed by atoms with Crippen LogP contribution in [0.2, 0.25) is 0 Å². The number of carbonyl (C=O) groups excluding carboxylic acids is 2. The lowest BCUT2D eigenvalue weighted by Gasteiger charge is -2.38. The molecule has 2 amide bonds. The Morgan fingerprint density at radius 3 is 2.79 bits per heavy atom. The number of fused-ring (bicyclic) bond motifs is 1. The number of ether oxygens (including phenoxy) is 1. The van der Waals surface area contributed by atoms with Crippen LogP contribution in [0.1, 0.15) is 62.3 Å². The summed E-state index contributed by atoms with van der Waals surface area (Å²) in [6.07, 6.45) is 4.51. The smallest absolute Gasteiger partial charge is 0.271 e. The summed E-state index contributed by atoms with van der Waals surface area (Å²) in [7, 11) is 0. The maximum atomic E-state index is 13.3. The molecule has 1 atom stereocenters. The largest absolute Gasteiger partial charge is 0.486 e. The molecule has 2 aromatic carbocycles. The van der Waals surface area contributed by atoms with Gasteiger partial charge in [0.2, 0.25) is 5.91 Å². The quantitative estimate of drug-likeness (QED) is 0.332. The van der Waals surface area contributed by atoms with Crippen LogP contribution < -0.4 is 10.1 Å². The zero-order valence-electron chi connectivity index (χ0n) is 21.8. The maximum Gasteiger partial charge on any atom is 0.271 e. The highest BCUT2D eigenvalue weighted by atomic mass is 32.1. The van der Waals surface area contributed by atoms with Crippen LogP contribution in [0.4, 0.5) is 0 Å². The molecule has 1 N–H and O–H groups in total. The molecule has 7 nitrogen and oxygen atoms in total. The van der Waals surface area contributed by atoms with Gasteiger partial charge in [0.1, 0.15) is 23.1 Å². The second-order valence-electron chi connectivity index (χ2n) is 10.2. The van der Waals surface area contributed by atoms with Crippen molar-refractivity contribution in [2.75, 3.05) is 6.54 Å². The first kappa shape index (κ1) is 25.2. The van der Waals surface area contributed by atoms with Crippen LogP contribution in [0, 0.1) is 12.8 Å². The number of thiazole rings is 1. The number of nitrogens with one attached hydrogen (secondary N) is 1. The van der Waals surface area contributed by atoms with E-state index in [-0.39, 0.29) is 30.4 Å². The number of hydrogen-bond donors (Lipinski definition) is 1. The first-order chi connectivity index (χ1) is 19.0. The summed E-state index contributed by atoms with van der Waals surface area (Å²) in [5, 5.41) is 5.32. The highest BCUT2D eigenvalue weighted by Crippen LogP contribution is 2.41. The Morgan fingerprint density at radius 2 is 2.00 bits per heavy atom. The number of amides is 2. The van der Waals surface area contributed by atoms with Gasteiger partial charge in [-0.1, -0.05) is 42.0 Å². The van der Waals surface area contributed by atoms with Gasteiger partial charge in [0.15, 0.2) is 0 Å². The van der Waals surface area contributed by atoms with Crippen LogP contribution in [0.25, 0.3) is 0 Å². The zero-order chi connectivity index (χ0) is 26.8. The normalized spacial score (nSPS) is 16.4. The van der Waals surface area contributed by atoms with Crippen LogP contribution in [0.15, 0.2) is 72.2 Å². The summed E-state index contributed by atoms with van der Waals surface area (Å²) >= 11 is 1.40. The number of hydrogen-bond acceptors (Lipinski definition) is 6. The second kappa shape index (κ2) is 11.0. The summed E-state index contributed by atoms with van der Waals surface area (Å²) < 4.78 is 6.15. The Bertz CT molecular complexity index is 1500. The number of carbonyl (C=O) groups is 2. The third-order valence-electron chi connectivity index (χ3n) is 7.22. The van der Waals surface area contributed by atoms with Crippen molar-refractivity contribution in [3.63, 3.8) is 0 Å². The Labute approximate surface area is 231 Å². The van der Waals surface area contributed by atoms with Gasteiger partial charge < -0.3 is 15.0 Å². The van der Waals surface area contributed by atoms with Crippen LogP contribution in [-0.2, 0) is 24.4 Å². The predicted octanol–water partition coefficient (Wildman–Crippen LogP) is 5.24. The molecule has 1 aliphatic heterocycles. The number of benzene rings is 2. The highest BCUT2D eigenvalue weighted by molar-refractivity contribution is 7.09. The molecule has 6 rings (SSSR count). The molecule has 3 heterocycles. The predicted molar refractivity (Wildman–Crippen MR) is 149 cm³/mol. The topological polar surface area (TPSA) is 84.4 Å². The van der Waals surface area contributed by atoms with Crippen LogP contribution in [-0.4, -0.2) is 33.2 Å². The van der Waals surface area contributed by atoms with E-state index < -0.39 is 0 Å². The van der Waals surface area contributed by atoms with Gasteiger partial charge in [-0.2, -0.15) is 0 Å². The van der Waals surface area contributed by atoms with E-state index in [9.17, 15) is 9.59 Å². The minimum atomic E-state index is -0.238. The first-order valence-electron chi connectivity index (χ1n) is 13.3. The summed E-state index contributed by atoms with van der Waals surface area (Å²) in [6.45, 7) is 3.42. The molecule has 0 spiro atoms. The first-order valence-corrected chi connectivity index (χ1v) is 14.2. The van der Waals surface area contributed by atoms with Crippen molar-refractivity contribution < 1.29 is 14.3 Å². The van der Waals surface area contributed by atoms with E-state index in [2.05, 4.69) is 63.5 Å². The lowest BCUT2D eigenvalue weighted by Crippen LogP contribution is -2.41. The lowest BCUT2D eigenvalue weighted by atomic mass is 9.87. The minimum absolute atomic E-state index is 0.125. The van der Waals surface area contributed by atoms with E-state index in [1.54, 1.807) is 11.6 Å². The van der Waals surface area contributed by atoms with E-state index in [0.29, 0.717) is 12.2 Å². The van der Waals surface area contributed by atoms with Crippen LogP contribution >= 0.6 is 11.3 Å². The molecule has 1 fully saturated rings. The van der Waals surface area contributed by atoms with Crippen molar-refractivity contribution in [1.29, 1.82) is 0 Å². The molecule has 2 aromatic heterocycles. The molecule has 2 aliphatic rings. The average molecular weight is 539 g/mol. The van der Waals surface area contributed by atoms with Gasteiger partial charge in [-0.3, -0.25) is 14.6 Å². The average Bonchev–Trinajstić information content (AvgIpc) is 3.71. The summed E-state index contributed by atoms with van der Waals surface area (Å²) in [5.74, 6) is 0.912. The van der Waals surface area contributed by atoms with Crippen molar-refractivity contribution in [3.8, 4) is 5.75 Å². The summed E-state index contributed by atoms with van der Waals surface area (Å²) in [5.41, 5.74) is 5.83. The van der Waals surface area contributed by atoms with E-state index in [1.165, 1.54) is 22.5 Å². The fourth-order valence-electron chi connectivity index (χ4n) is 5.08. The Hall–Kier alpha value is -4.04. The van der Waals surface area contributed by atoms with E-state index in [0.717, 1.165) is 53.4 Å². The van der Waals surface area contributed by atoms with E-state index in [4.69, 9.17) is 4.74 Å². The van der Waals surface area contributed by atoms with Gasteiger partial charge in [0.05, 0.1) is 18.3 Å². The molecular formula is C31H30N4O3S. The molecule has 198 valence electrons. The Kier molecular flexibility index (Phi) is 7.11. The van der Waals surface area contributed by atoms with Crippen molar-refractivity contribution in [1.82, 2.24) is 20.2 Å². The standard InChI is InChI=1S/C31H30N4O3S/c1-20-5-4-6-23(15-20)29-26-16-25(11-10-21(26)12-14-35(29)31(37)22-8-9-22)38-18-28-34-27(19-39-28)30(36)33-17-24-7-2-3-13-32-24/h2-7,10-11,13,15-16,19,22,29H,8-9,12,14,17-18H2,1H3,(H,33,36)/t29-/m0/s1. The number of aryl methyl sites for hydroxylation is 1. The molecule has 4 aromatic rings. The van der Waals surface area contributed by atoms with Gasteiger partial charge in [-0.05, 0) is 67.1 Å². The van der Waals surface area contributed by atoms with Crippen molar-refractivity contribution in [2.24, 2.45) is 5.92 Å². The number of nitrogens with zero attached hydrogens (tertiary/aromatic N) is 3. The van der Waals surface area contributed by atoms with E-state index >= 15 is 0 Å². The monoisotopic (exact) mass is 538 g/mol. The van der Waals surface area contributed by atoms with Crippen LogP contribution in [0.5, 0.6) is 5.75 Å². The second-order valence-corrected chi connectivity index (χ2v) is 11.1. The van der Waals surface area contributed by atoms with Crippen LogP contribution in [0.3, 0.4) is 0 Å². The molecule has 0 bridgehead atoms. The number of rotatable bonds is 8. The molecule has 8 heteroatoms. The number of pyridine rings is 1. The highest BCUT2D eigenvalue weighted by Gasteiger charge is 2.39. The van der Waals surface area contributed by atoms with Gasteiger partial charge in [0.25, 0.3) is 5.91 Å². The van der Waals surface area contributed by atoms with Crippen molar-refractivity contribution in [3.05, 3.63) is 111 Å². The molecule has 1 aliphatic carbocycles.